The first kappa shape index (κ1) is 14.8. The molecular formula is C15H10ClFN2O2. The fraction of sp³-hybridized carbons (Fsp3) is 0.0667. The number of halogens is 2. The van der Waals surface area contributed by atoms with Crippen molar-refractivity contribution in [2.45, 2.75) is 6.10 Å². The monoisotopic (exact) mass is 304 g/mol. The summed E-state index contributed by atoms with van der Waals surface area (Å²) < 4.78 is 18.4. The molecule has 0 spiro atoms. The van der Waals surface area contributed by atoms with Gasteiger partial charge in [-0.2, -0.15) is 5.26 Å². The lowest BCUT2D eigenvalue weighted by molar-refractivity contribution is -0.125. The van der Waals surface area contributed by atoms with E-state index in [2.05, 4.69) is 0 Å². The zero-order chi connectivity index (χ0) is 15.4. The second-order valence-electron chi connectivity index (χ2n) is 4.21. The molecule has 6 heteroatoms. The van der Waals surface area contributed by atoms with Gasteiger partial charge in [-0.05, 0) is 30.3 Å². The van der Waals surface area contributed by atoms with E-state index in [0.717, 1.165) is 0 Å². The van der Waals surface area contributed by atoms with Gasteiger partial charge in [0.15, 0.2) is 0 Å². The lowest BCUT2D eigenvalue weighted by Gasteiger charge is -2.17. The highest BCUT2D eigenvalue weighted by molar-refractivity contribution is 6.32. The van der Waals surface area contributed by atoms with E-state index in [1.165, 1.54) is 42.5 Å². The highest BCUT2D eigenvalue weighted by atomic mass is 35.5. The van der Waals surface area contributed by atoms with Crippen molar-refractivity contribution in [1.29, 1.82) is 5.26 Å². The molecule has 0 aliphatic rings. The third-order valence-electron chi connectivity index (χ3n) is 2.74. The molecule has 2 aromatic rings. The first-order valence-electron chi connectivity index (χ1n) is 5.92. The number of carbonyl (C=O) groups is 1. The van der Waals surface area contributed by atoms with Crippen LogP contribution < -0.4 is 10.5 Å². The number of rotatable bonds is 4. The number of hydrogen-bond acceptors (Lipinski definition) is 3. The van der Waals surface area contributed by atoms with Gasteiger partial charge in [0.1, 0.15) is 11.6 Å². The zero-order valence-corrected chi connectivity index (χ0v) is 11.5. The van der Waals surface area contributed by atoms with Gasteiger partial charge in [-0.3, -0.25) is 4.79 Å². The maximum Gasteiger partial charge on any atom is 0.263 e. The van der Waals surface area contributed by atoms with Crippen LogP contribution in [0, 0.1) is 17.1 Å². The zero-order valence-electron chi connectivity index (χ0n) is 10.7. The molecule has 2 N–H and O–H groups in total. The minimum Gasteiger partial charge on any atom is -0.474 e. The van der Waals surface area contributed by atoms with Crippen LogP contribution in [0.15, 0.2) is 42.5 Å². The fourth-order valence-electron chi connectivity index (χ4n) is 1.72. The van der Waals surface area contributed by atoms with Crippen LogP contribution in [0.2, 0.25) is 5.02 Å². The van der Waals surface area contributed by atoms with E-state index in [-0.39, 0.29) is 10.8 Å². The number of nitrogens with zero attached hydrogens (tertiary/aromatic N) is 1. The predicted molar refractivity (Wildman–Crippen MR) is 75.1 cm³/mol. The summed E-state index contributed by atoms with van der Waals surface area (Å²) in [5, 5.41) is 8.95. The third kappa shape index (κ3) is 3.50. The quantitative estimate of drug-likeness (QED) is 0.943. The van der Waals surface area contributed by atoms with Crippen LogP contribution >= 0.6 is 11.6 Å². The van der Waals surface area contributed by atoms with Crippen LogP contribution in [0.4, 0.5) is 4.39 Å². The van der Waals surface area contributed by atoms with Crippen LogP contribution in [0.1, 0.15) is 17.2 Å². The minimum atomic E-state index is -1.10. The number of primary amides is 1. The summed E-state index contributed by atoms with van der Waals surface area (Å²) >= 11 is 5.98. The van der Waals surface area contributed by atoms with Crippen molar-refractivity contribution in [2.24, 2.45) is 5.73 Å². The lowest BCUT2D eigenvalue weighted by Crippen LogP contribution is -2.26. The van der Waals surface area contributed by atoms with Crippen LogP contribution in [0.5, 0.6) is 5.75 Å². The van der Waals surface area contributed by atoms with Crippen LogP contribution in [-0.2, 0) is 4.79 Å². The lowest BCUT2D eigenvalue weighted by atomic mass is 10.1. The second kappa shape index (κ2) is 6.25. The molecule has 2 aromatic carbocycles. The summed E-state index contributed by atoms with van der Waals surface area (Å²) in [5.41, 5.74) is 6.08. The normalized spacial score (nSPS) is 11.5. The van der Waals surface area contributed by atoms with Gasteiger partial charge >= 0.3 is 0 Å². The Morgan fingerprint density at radius 2 is 1.95 bits per heavy atom. The van der Waals surface area contributed by atoms with Crippen LogP contribution in [0.3, 0.4) is 0 Å². The molecule has 0 aliphatic carbocycles. The first-order chi connectivity index (χ1) is 10.0. The van der Waals surface area contributed by atoms with Gasteiger partial charge < -0.3 is 10.5 Å². The topological polar surface area (TPSA) is 76.1 Å². The highest BCUT2D eigenvalue weighted by Gasteiger charge is 2.21. The van der Waals surface area contributed by atoms with Crippen molar-refractivity contribution in [3.05, 3.63) is 64.4 Å². The molecular weight excluding hydrogens is 295 g/mol. The second-order valence-corrected chi connectivity index (χ2v) is 4.62. The molecule has 0 heterocycles. The van der Waals surface area contributed by atoms with E-state index in [9.17, 15) is 9.18 Å². The summed E-state index contributed by atoms with van der Waals surface area (Å²) in [5.74, 6) is -0.954. The molecule has 0 saturated carbocycles. The summed E-state index contributed by atoms with van der Waals surface area (Å²) in [6.07, 6.45) is -1.10. The van der Waals surface area contributed by atoms with Crippen molar-refractivity contribution >= 4 is 17.5 Å². The van der Waals surface area contributed by atoms with Crippen molar-refractivity contribution in [2.75, 3.05) is 0 Å². The van der Waals surface area contributed by atoms with Gasteiger partial charge in [0, 0.05) is 5.56 Å². The Labute approximate surface area is 125 Å². The van der Waals surface area contributed by atoms with Gasteiger partial charge in [0.05, 0.1) is 16.7 Å². The Morgan fingerprint density at radius 1 is 1.29 bits per heavy atom. The summed E-state index contributed by atoms with van der Waals surface area (Å²) in [6, 6.07) is 11.5. The summed E-state index contributed by atoms with van der Waals surface area (Å²) in [4.78, 5) is 11.5. The Morgan fingerprint density at radius 3 is 2.48 bits per heavy atom. The number of hydrogen-bond donors (Lipinski definition) is 1. The number of benzene rings is 2. The molecule has 0 aromatic heterocycles. The number of ether oxygens (including phenoxy) is 1. The van der Waals surface area contributed by atoms with Crippen molar-refractivity contribution < 1.29 is 13.9 Å². The largest absolute Gasteiger partial charge is 0.474 e. The number of nitrogens with two attached hydrogens (primary N) is 1. The number of carbonyl (C=O) groups excluding carboxylic acids is 1. The maximum atomic E-state index is 12.9. The molecule has 2 rings (SSSR count). The smallest absolute Gasteiger partial charge is 0.263 e. The van der Waals surface area contributed by atoms with Crippen molar-refractivity contribution in [3.63, 3.8) is 0 Å². The standard InChI is InChI=1S/C15H10ClFN2O2/c16-12-7-9(8-18)1-6-13(12)21-14(15(19)20)10-2-4-11(17)5-3-10/h1-7,14H,(H2,19,20). The average Bonchev–Trinajstić information content (AvgIpc) is 2.46. The molecule has 21 heavy (non-hydrogen) atoms. The number of amides is 1. The summed E-state index contributed by atoms with van der Waals surface area (Å²) in [6.45, 7) is 0. The van der Waals surface area contributed by atoms with Crippen LogP contribution in [-0.4, -0.2) is 5.91 Å². The molecule has 1 atom stereocenters. The molecule has 106 valence electrons. The van der Waals surface area contributed by atoms with Gasteiger partial charge in [0.25, 0.3) is 5.91 Å². The number of nitriles is 1. The van der Waals surface area contributed by atoms with Gasteiger partial charge in [-0.1, -0.05) is 23.7 Å². The van der Waals surface area contributed by atoms with E-state index in [0.29, 0.717) is 11.1 Å². The van der Waals surface area contributed by atoms with Gasteiger partial charge in [-0.25, -0.2) is 4.39 Å². The van der Waals surface area contributed by atoms with E-state index >= 15 is 0 Å². The molecule has 0 fully saturated rings. The molecule has 1 amide bonds. The van der Waals surface area contributed by atoms with E-state index < -0.39 is 17.8 Å². The van der Waals surface area contributed by atoms with Crippen molar-refractivity contribution in [1.82, 2.24) is 0 Å². The first-order valence-corrected chi connectivity index (χ1v) is 6.30. The molecule has 0 saturated heterocycles. The van der Waals surface area contributed by atoms with Crippen LogP contribution in [0.25, 0.3) is 0 Å². The molecule has 0 bridgehead atoms. The van der Waals surface area contributed by atoms with Gasteiger partial charge in [-0.15, -0.1) is 0 Å². The predicted octanol–water partition coefficient (Wildman–Crippen LogP) is 2.96. The average molecular weight is 305 g/mol. The Kier molecular flexibility index (Phi) is 4.41. The third-order valence-corrected chi connectivity index (χ3v) is 3.03. The molecule has 0 radical (unpaired) electrons. The van der Waals surface area contributed by atoms with E-state index in [1.807, 2.05) is 6.07 Å². The molecule has 1 unspecified atom stereocenters. The Bertz CT molecular complexity index is 711. The fourth-order valence-corrected chi connectivity index (χ4v) is 1.95. The maximum absolute atomic E-state index is 12.9. The van der Waals surface area contributed by atoms with Crippen molar-refractivity contribution in [3.8, 4) is 11.8 Å². The SMILES string of the molecule is N#Cc1ccc(OC(C(N)=O)c2ccc(F)cc2)c(Cl)c1. The van der Waals surface area contributed by atoms with E-state index in [1.54, 1.807) is 0 Å². The highest BCUT2D eigenvalue weighted by Crippen LogP contribution is 2.30. The molecule has 4 nitrogen and oxygen atoms in total. The Hall–Kier alpha value is -2.58. The van der Waals surface area contributed by atoms with Gasteiger partial charge in [0.2, 0.25) is 6.10 Å². The Balaban J connectivity index is 2.31. The summed E-state index contributed by atoms with van der Waals surface area (Å²) in [7, 11) is 0. The van der Waals surface area contributed by atoms with E-state index in [4.69, 9.17) is 27.3 Å². The molecule has 0 aliphatic heterocycles. The minimum absolute atomic E-state index is 0.183.